The molecule has 84 valence electrons. The number of rotatable bonds is 4. The Labute approximate surface area is 88.4 Å². The zero-order valence-corrected chi connectivity index (χ0v) is 10.0. The van der Waals surface area contributed by atoms with Crippen molar-refractivity contribution in [1.29, 1.82) is 0 Å². The van der Waals surface area contributed by atoms with E-state index in [0.29, 0.717) is 12.0 Å². The number of hydroxylamine groups is 1. The monoisotopic (exact) mass is 199 g/mol. The number of nitrogens with one attached hydrogen (secondary N) is 1. The molecule has 0 spiro atoms. The van der Waals surface area contributed by atoms with Crippen molar-refractivity contribution in [2.45, 2.75) is 53.0 Å². The summed E-state index contributed by atoms with van der Waals surface area (Å²) >= 11 is 0. The molecule has 0 heterocycles. The standard InChI is InChI=1S/C12H25NO/c1-9(2)8-14-13-12-6-10(3)5-11(4)7-12/h9-13H,5-8H2,1-4H3. The molecule has 1 fully saturated rings. The maximum absolute atomic E-state index is 5.48. The van der Waals surface area contributed by atoms with Crippen molar-refractivity contribution in [2.24, 2.45) is 17.8 Å². The Morgan fingerprint density at radius 2 is 1.71 bits per heavy atom. The summed E-state index contributed by atoms with van der Waals surface area (Å²) in [5.74, 6) is 2.30. The fourth-order valence-electron chi connectivity index (χ4n) is 2.38. The van der Waals surface area contributed by atoms with Crippen molar-refractivity contribution in [3.8, 4) is 0 Å². The summed E-state index contributed by atoms with van der Waals surface area (Å²) in [4.78, 5) is 5.48. The van der Waals surface area contributed by atoms with Crippen LogP contribution < -0.4 is 5.48 Å². The van der Waals surface area contributed by atoms with E-state index in [2.05, 4.69) is 33.2 Å². The van der Waals surface area contributed by atoms with Gasteiger partial charge in [-0.15, -0.1) is 0 Å². The second kappa shape index (κ2) is 5.72. The Morgan fingerprint density at radius 1 is 1.14 bits per heavy atom. The van der Waals surface area contributed by atoms with Crippen LogP contribution in [0.5, 0.6) is 0 Å². The first-order valence-corrected chi connectivity index (χ1v) is 5.95. The summed E-state index contributed by atoms with van der Waals surface area (Å²) in [5, 5.41) is 0. The largest absolute Gasteiger partial charge is 0.301 e. The van der Waals surface area contributed by atoms with Gasteiger partial charge in [-0.05, 0) is 37.0 Å². The zero-order valence-electron chi connectivity index (χ0n) is 10.0. The van der Waals surface area contributed by atoms with E-state index in [9.17, 15) is 0 Å². The first-order chi connectivity index (χ1) is 6.58. The quantitative estimate of drug-likeness (QED) is 0.703. The van der Waals surface area contributed by atoms with Crippen molar-refractivity contribution < 1.29 is 4.84 Å². The van der Waals surface area contributed by atoms with Crippen molar-refractivity contribution >= 4 is 0 Å². The topological polar surface area (TPSA) is 21.3 Å². The fourth-order valence-corrected chi connectivity index (χ4v) is 2.38. The third kappa shape index (κ3) is 4.43. The summed E-state index contributed by atoms with van der Waals surface area (Å²) in [7, 11) is 0. The summed E-state index contributed by atoms with van der Waals surface area (Å²) in [6.45, 7) is 9.85. The van der Waals surface area contributed by atoms with Crippen LogP contribution in [0.3, 0.4) is 0 Å². The molecule has 2 heteroatoms. The van der Waals surface area contributed by atoms with E-state index in [1.807, 2.05) is 0 Å². The van der Waals surface area contributed by atoms with E-state index in [1.165, 1.54) is 19.3 Å². The maximum atomic E-state index is 5.48. The summed E-state index contributed by atoms with van der Waals surface area (Å²) in [6.07, 6.45) is 3.91. The molecule has 0 radical (unpaired) electrons. The van der Waals surface area contributed by atoms with Crippen LogP contribution in [0.2, 0.25) is 0 Å². The van der Waals surface area contributed by atoms with E-state index in [-0.39, 0.29) is 0 Å². The first-order valence-electron chi connectivity index (χ1n) is 5.95. The molecule has 1 N–H and O–H groups in total. The molecule has 1 aliphatic carbocycles. The van der Waals surface area contributed by atoms with Crippen LogP contribution in [-0.2, 0) is 4.84 Å². The Balaban J connectivity index is 2.17. The fraction of sp³-hybridized carbons (Fsp3) is 1.00. The molecule has 2 atom stereocenters. The molecule has 2 nitrogen and oxygen atoms in total. The molecular formula is C12H25NO. The third-order valence-corrected chi connectivity index (χ3v) is 2.85. The molecule has 0 aromatic carbocycles. The maximum Gasteiger partial charge on any atom is 0.0705 e. The molecule has 2 unspecified atom stereocenters. The first kappa shape index (κ1) is 12.0. The van der Waals surface area contributed by atoms with Crippen LogP contribution in [-0.4, -0.2) is 12.6 Å². The minimum absolute atomic E-state index is 0.576. The van der Waals surface area contributed by atoms with Crippen LogP contribution in [0, 0.1) is 17.8 Å². The van der Waals surface area contributed by atoms with Gasteiger partial charge in [0.25, 0.3) is 0 Å². The predicted molar refractivity (Wildman–Crippen MR) is 59.9 cm³/mol. The van der Waals surface area contributed by atoms with Gasteiger partial charge in [0.1, 0.15) is 0 Å². The van der Waals surface area contributed by atoms with E-state index in [0.717, 1.165) is 18.4 Å². The van der Waals surface area contributed by atoms with Gasteiger partial charge in [0.15, 0.2) is 0 Å². The predicted octanol–water partition coefficient (Wildman–Crippen LogP) is 2.99. The molecular weight excluding hydrogens is 174 g/mol. The van der Waals surface area contributed by atoms with Crippen molar-refractivity contribution in [3.63, 3.8) is 0 Å². The zero-order chi connectivity index (χ0) is 10.6. The lowest BCUT2D eigenvalue weighted by Crippen LogP contribution is -2.37. The van der Waals surface area contributed by atoms with Gasteiger partial charge in [0, 0.05) is 6.04 Å². The second-order valence-electron chi connectivity index (χ2n) is 5.44. The SMILES string of the molecule is CC(C)CONC1CC(C)CC(C)C1. The average Bonchev–Trinajstić information content (AvgIpc) is 2.01. The highest BCUT2D eigenvalue weighted by atomic mass is 16.6. The minimum atomic E-state index is 0.576. The van der Waals surface area contributed by atoms with Crippen molar-refractivity contribution in [3.05, 3.63) is 0 Å². The van der Waals surface area contributed by atoms with Gasteiger partial charge in [-0.25, -0.2) is 0 Å². The molecule has 0 bridgehead atoms. The van der Waals surface area contributed by atoms with Gasteiger partial charge in [-0.1, -0.05) is 27.7 Å². The van der Waals surface area contributed by atoms with Crippen molar-refractivity contribution in [2.75, 3.05) is 6.61 Å². The average molecular weight is 199 g/mol. The van der Waals surface area contributed by atoms with E-state index >= 15 is 0 Å². The van der Waals surface area contributed by atoms with Crippen LogP contribution in [0.1, 0.15) is 47.0 Å². The van der Waals surface area contributed by atoms with Gasteiger partial charge in [0.2, 0.25) is 0 Å². The van der Waals surface area contributed by atoms with Crippen LogP contribution >= 0.6 is 0 Å². The summed E-state index contributed by atoms with van der Waals surface area (Å²) in [6, 6.07) is 0.576. The Bertz CT molecular complexity index is 148. The highest BCUT2D eigenvalue weighted by Gasteiger charge is 2.23. The molecule has 14 heavy (non-hydrogen) atoms. The van der Waals surface area contributed by atoms with Gasteiger partial charge in [-0.2, -0.15) is 5.48 Å². The number of hydrogen-bond donors (Lipinski definition) is 1. The Morgan fingerprint density at radius 3 is 2.21 bits per heavy atom. The highest BCUT2D eigenvalue weighted by Crippen LogP contribution is 2.28. The van der Waals surface area contributed by atoms with E-state index in [1.54, 1.807) is 0 Å². The molecule has 0 aliphatic heterocycles. The lowest BCUT2D eigenvalue weighted by molar-refractivity contribution is -0.0163. The molecule has 1 rings (SSSR count). The normalized spacial score (nSPS) is 33.6. The van der Waals surface area contributed by atoms with Gasteiger partial charge >= 0.3 is 0 Å². The second-order valence-corrected chi connectivity index (χ2v) is 5.44. The Hall–Kier alpha value is -0.0800. The lowest BCUT2D eigenvalue weighted by atomic mass is 9.81. The van der Waals surface area contributed by atoms with Crippen LogP contribution in [0.25, 0.3) is 0 Å². The number of hydrogen-bond acceptors (Lipinski definition) is 2. The highest BCUT2D eigenvalue weighted by molar-refractivity contribution is 4.77. The van der Waals surface area contributed by atoms with E-state index in [4.69, 9.17) is 4.84 Å². The Kier molecular flexibility index (Phi) is 4.90. The van der Waals surface area contributed by atoms with Gasteiger partial charge in [-0.3, -0.25) is 0 Å². The van der Waals surface area contributed by atoms with Crippen molar-refractivity contribution in [1.82, 2.24) is 5.48 Å². The molecule has 1 aliphatic rings. The lowest BCUT2D eigenvalue weighted by Gasteiger charge is -2.31. The molecule has 0 aromatic heterocycles. The minimum Gasteiger partial charge on any atom is -0.301 e. The third-order valence-electron chi connectivity index (χ3n) is 2.85. The summed E-state index contributed by atoms with van der Waals surface area (Å²) < 4.78 is 0. The molecule has 0 amide bonds. The molecule has 1 saturated carbocycles. The molecule has 0 aromatic rings. The van der Waals surface area contributed by atoms with Crippen LogP contribution in [0.4, 0.5) is 0 Å². The summed E-state index contributed by atoms with van der Waals surface area (Å²) in [5.41, 5.74) is 3.21. The van der Waals surface area contributed by atoms with Crippen LogP contribution in [0.15, 0.2) is 0 Å². The van der Waals surface area contributed by atoms with Gasteiger partial charge < -0.3 is 4.84 Å². The van der Waals surface area contributed by atoms with Gasteiger partial charge in [0.05, 0.1) is 6.61 Å². The smallest absolute Gasteiger partial charge is 0.0705 e. The molecule has 0 saturated heterocycles. The van der Waals surface area contributed by atoms with E-state index < -0.39 is 0 Å².